The normalized spacial score (nSPS) is 15.7. The number of piperidine rings is 1. The third-order valence-corrected chi connectivity index (χ3v) is 7.63. The molecule has 3 nitrogen and oxygen atoms in total. The Kier molecular flexibility index (Phi) is 6.71. The average Bonchev–Trinajstić information content (AvgIpc) is 3.11. The Bertz CT molecular complexity index is 1030. The van der Waals surface area contributed by atoms with Crippen molar-refractivity contribution >= 4 is 16.7 Å². The summed E-state index contributed by atoms with van der Waals surface area (Å²) in [4.78, 5) is 2.57. The van der Waals surface area contributed by atoms with Crippen LogP contribution in [-0.2, 0) is 13.0 Å². The molecular weight excluding hydrogens is 380 g/mol. The molecule has 31 heavy (non-hydrogen) atoms. The van der Waals surface area contributed by atoms with Gasteiger partial charge in [-0.1, -0.05) is 43.2 Å². The summed E-state index contributed by atoms with van der Waals surface area (Å²) in [5.41, 5.74) is 14.7. The third-order valence-electron chi connectivity index (χ3n) is 7.63. The maximum absolute atomic E-state index is 6.47. The lowest BCUT2D eigenvalue weighted by Gasteiger charge is -2.31. The van der Waals surface area contributed by atoms with E-state index in [1.165, 1.54) is 79.4 Å². The van der Waals surface area contributed by atoms with Crippen LogP contribution in [0.1, 0.15) is 65.7 Å². The molecule has 3 heteroatoms. The number of hydrogen-bond donors (Lipinski definition) is 1. The highest BCUT2D eigenvalue weighted by Gasteiger charge is 2.23. The van der Waals surface area contributed by atoms with E-state index in [0.717, 1.165) is 34.9 Å². The van der Waals surface area contributed by atoms with Crippen LogP contribution in [0.5, 0.6) is 0 Å². The third kappa shape index (κ3) is 4.67. The quantitative estimate of drug-likeness (QED) is 0.336. The van der Waals surface area contributed by atoms with E-state index in [4.69, 9.17) is 10.2 Å². The Labute approximate surface area is 187 Å². The number of aryl methyl sites for hydroxylation is 3. The number of unbranched alkanes of at least 4 members (excludes halogenated alkanes) is 1. The van der Waals surface area contributed by atoms with Gasteiger partial charge in [-0.2, -0.15) is 0 Å². The topological polar surface area (TPSA) is 42.4 Å². The molecule has 2 N–H and O–H groups in total. The van der Waals surface area contributed by atoms with Crippen LogP contribution in [0.4, 0.5) is 5.69 Å². The maximum atomic E-state index is 6.47. The van der Waals surface area contributed by atoms with E-state index in [2.05, 4.69) is 62.9 Å². The maximum Gasteiger partial charge on any atom is 0.139 e. The summed E-state index contributed by atoms with van der Waals surface area (Å²) < 4.78 is 6.38. The number of nitrogen functional groups attached to an aromatic ring is 1. The van der Waals surface area contributed by atoms with Crippen molar-refractivity contribution in [3.63, 3.8) is 0 Å². The smallest absolute Gasteiger partial charge is 0.139 e. The molecule has 4 rings (SSSR count). The van der Waals surface area contributed by atoms with Gasteiger partial charge in [0.05, 0.1) is 6.54 Å². The first-order valence-electron chi connectivity index (χ1n) is 12.0. The molecule has 0 aliphatic carbocycles. The van der Waals surface area contributed by atoms with Gasteiger partial charge in [0.2, 0.25) is 0 Å². The van der Waals surface area contributed by atoms with Crippen molar-refractivity contribution in [3.8, 4) is 0 Å². The van der Waals surface area contributed by atoms with Crippen molar-refractivity contribution in [2.24, 2.45) is 5.92 Å². The van der Waals surface area contributed by atoms with Crippen molar-refractivity contribution in [2.45, 2.75) is 72.8 Å². The van der Waals surface area contributed by atoms with Crippen LogP contribution < -0.4 is 5.73 Å². The van der Waals surface area contributed by atoms with Gasteiger partial charge in [0.15, 0.2) is 0 Å². The number of fused-ring (bicyclic) bond motifs is 1. The summed E-state index contributed by atoms with van der Waals surface area (Å²) in [6.07, 6.45) is 7.86. The van der Waals surface area contributed by atoms with Crippen molar-refractivity contribution in [2.75, 3.05) is 18.8 Å². The largest absolute Gasteiger partial charge is 0.459 e. The second kappa shape index (κ2) is 9.48. The standard InChI is InChI=1S/C28H38N2O/c1-19-20(2)27(29)26-22(4)25(31-28(26)21(19)3)18-30-16-14-24(15-17-30)13-9-8-12-23-10-6-5-7-11-23/h5-7,10-11,24H,8-9,12-18,29H2,1-4H3. The predicted molar refractivity (Wildman–Crippen MR) is 132 cm³/mol. The number of rotatable bonds is 7. The van der Waals surface area contributed by atoms with Crippen LogP contribution in [0.3, 0.4) is 0 Å². The molecule has 1 fully saturated rings. The van der Waals surface area contributed by atoms with Crippen LogP contribution in [0, 0.1) is 33.6 Å². The number of nitrogens with two attached hydrogens (primary N) is 1. The summed E-state index contributed by atoms with van der Waals surface area (Å²) >= 11 is 0. The van der Waals surface area contributed by atoms with E-state index in [-0.39, 0.29) is 0 Å². The fourth-order valence-electron chi connectivity index (χ4n) is 5.18. The fraction of sp³-hybridized carbons (Fsp3) is 0.500. The molecule has 2 aromatic carbocycles. The van der Waals surface area contributed by atoms with Crippen molar-refractivity contribution in [3.05, 3.63) is 63.9 Å². The molecular formula is C28H38N2O. The van der Waals surface area contributed by atoms with Crippen LogP contribution in [0.15, 0.2) is 34.7 Å². The summed E-state index contributed by atoms with van der Waals surface area (Å²) in [6, 6.07) is 10.9. The molecule has 0 amide bonds. The van der Waals surface area contributed by atoms with Gasteiger partial charge in [-0.05, 0) is 94.6 Å². The molecule has 1 saturated heterocycles. The van der Waals surface area contributed by atoms with E-state index in [1.54, 1.807) is 0 Å². The monoisotopic (exact) mass is 418 g/mol. The summed E-state index contributed by atoms with van der Waals surface area (Å²) in [7, 11) is 0. The molecule has 1 aliphatic heterocycles. The first-order valence-corrected chi connectivity index (χ1v) is 12.0. The fourth-order valence-corrected chi connectivity index (χ4v) is 5.18. The van der Waals surface area contributed by atoms with Gasteiger partial charge in [-0.15, -0.1) is 0 Å². The minimum atomic E-state index is 0.881. The van der Waals surface area contributed by atoms with E-state index >= 15 is 0 Å². The van der Waals surface area contributed by atoms with Crippen LogP contribution >= 0.6 is 0 Å². The highest BCUT2D eigenvalue weighted by Crippen LogP contribution is 2.37. The molecule has 1 aromatic heterocycles. The lowest BCUT2D eigenvalue weighted by atomic mass is 9.90. The molecule has 0 unspecified atom stereocenters. The Balaban J connectivity index is 1.30. The molecule has 2 heterocycles. The first-order chi connectivity index (χ1) is 15.0. The van der Waals surface area contributed by atoms with Crippen molar-refractivity contribution in [1.29, 1.82) is 0 Å². The minimum absolute atomic E-state index is 0.881. The Morgan fingerprint density at radius 1 is 0.903 bits per heavy atom. The Hall–Kier alpha value is -2.26. The second-order valence-corrected chi connectivity index (χ2v) is 9.59. The zero-order valence-electron chi connectivity index (χ0n) is 19.8. The van der Waals surface area contributed by atoms with Crippen LogP contribution in [-0.4, -0.2) is 18.0 Å². The Morgan fingerprint density at radius 3 is 2.32 bits per heavy atom. The molecule has 166 valence electrons. The highest BCUT2D eigenvalue weighted by atomic mass is 16.3. The van der Waals surface area contributed by atoms with Gasteiger partial charge in [0.1, 0.15) is 11.3 Å². The number of anilines is 1. The number of benzene rings is 2. The minimum Gasteiger partial charge on any atom is -0.459 e. The van der Waals surface area contributed by atoms with Crippen molar-refractivity contribution in [1.82, 2.24) is 4.90 Å². The van der Waals surface area contributed by atoms with Gasteiger partial charge in [-0.25, -0.2) is 0 Å². The van der Waals surface area contributed by atoms with Gasteiger partial charge >= 0.3 is 0 Å². The molecule has 0 radical (unpaired) electrons. The van der Waals surface area contributed by atoms with Crippen molar-refractivity contribution < 1.29 is 4.42 Å². The number of furan rings is 1. The Morgan fingerprint density at radius 2 is 1.61 bits per heavy atom. The lowest BCUT2D eigenvalue weighted by molar-refractivity contribution is 0.161. The van der Waals surface area contributed by atoms with Crippen LogP contribution in [0.2, 0.25) is 0 Å². The van der Waals surface area contributed by atoms with E-state index < -0.39 is 0 Å². The molecule has 3 aromatic rings. The molecule has 1 aliphatic rings. The lowest BCUT2D eigenvalue weighted by Crippen LogP contribution is -2.33. The number of likely N-dealkylation sites (tertiary alicyclic amines) is 1. The zero-order valence-corrected chi connectivity index (χ0v) is 19.8. The highest BCUT2D eigenvalue weighted by molar-refractivity contribution is 5.97. The number of hydrogen-bond acceptors (Lipinski definition) is 3. The molecule has 0 atom stereocenters. The zero-order chi connectivity index (χ0) is 22.0. The van der Waals surface area contributed by atoms with Gasteiger partial charge in [0.25, 0.3) is 0 Å². The second-order valence-electron chi connectivity index (χ2n) is 9.59. The van der Waals surface area contributed by atoms with E-state index in [0.29, 0.717) is 0 Å². The summed E-state index contributed by atoms with van der Waals surface area (Å²) in [6.45, 7) is 11.8. The predicted octanol–water partition coefficient (Wildman–Crippen LogP) is 6.87. The number of nitrogens with zero attached hydrogens (tertiary/aromatic N) is 1. The molecule has 0 saturated carbocycles. The van der Waals surface area contributed by atoms with E-state index in [9.17, 15) is 0 Å². The molecule has 0 spiro atoms. The van der Waals surface area contributed by atoms with Gasteiger partial charge < -0.3 is 10.2 Å². The van der Waals surface area contributed by atoms with Gasteiger partial charge in [-0.3, -0.25) is 4.90 Å². The summed E-state index contributed by atoms with van der Waals surface area (Å²) in [5, 5.41) is 1.13. The summed E-state index contributed by atoms with van der Waals surface area (Å²) in [5.74, 6) is 1.98. The van der Waals surface area contributed by atoms with E-state index in [1.807, 2.05) is 0 Å². The molecule has 0 bridgehead atoms. The van der Waals surface area contributed by atoms with Gasteiger partial charge in [0, 0.05) is 16.6 Å². The first kappa shape index (κ1) is 22.0. The van der Waals surface area contributed by atoms with Crippen LogP contribution in [0.25, 0.3) is 11.0 Å². The SMILES string of the molecule is Cc1c(C)c(N)c2c(C)c(CN3CCC(CCCCc4ccccc4)CC3)oc2c1C. The average molecular weight is 419 g/mol.